The van der Waals surface area contributed by atoms with E-state index in [0.717, 1.165) is 17.6 Å². The Kier molecular flexibility index (Phi) is 8.18. The molecule has 2 aromatic heterocycles. The van der Waals surface area contributed by atoms with Crippen LogP contribution < -0.4 is 15.4 Å². The Hall–Kier alpha value is -5.29. The van der Waals surface area contributed by atoms with Crippen molar-refractivity contribution in [3.63, 3.8) is 0 Å². The first-order chi connectivity index (χ1) is 21.9. The summed E-state index contributed by atoms with van der Waals surface area (Å²) < 4.78 is 36.1. The van der Waals surface area contributed by atoms with Crippen LogP contribution in [0, 0.1) is 22.5 Å². The molecule has 4 aromatic carbocycles. The smallest absolute Gasteiger partial charge is 0.198 e. The van der Waals surface area contributed by atoms with E-state index in [4.69, 9.17) is 27.2 Å². The number of aromatic nitrogens is 4. The van der Waals surface area contributed by atoms with Crippen LogP contribution in [-0.4, -0.2) is 43.7 Å². The van der Waals surface area contributed by atoms with E-state index in [0.29, 0.717) is 44.9 Å². The molecule has 0 saturated heterocycles. The molecular weight excluding hydrogens is 610 g/mol. The van der Waals surface area contributed by atoms with E-state index >= 15 is 8.78 Å². The van der Waals surface area contributed by atoms with E-state index in [2.05, 4.69) is 30.6 Å². The lowest BCUT2D eigenvalue weighted by molar-refractivity contribution is 0.408. The predicted molar refractivity (Wildman–Crippen MR) is 178 cm³/mol. The number of hydrogen-bond acceptors (Lipinski definition) is 5. The largest absolute Gasteiger partial charge is 0.451 e. The van der Waals surface area contributed by atoms with Gasteiger partial charge >= 0.3 is 0 Å². The van der Waals surface area contributed by atoms with Gasteiger partial charge < -0.3 is 25.3 Å². The van der Waals surface area contributed by atoms with Crippen molar-refractivity contribution in [3.05, 3.63) is 94.5 Å². The molecule has 0 aliphatic heterocycles. The molecular formula is C34H31ClF2N8O. The van der Waals surface area contributed by atoms with Crippen LogP contribution in [0.15, 0.2) is 66.7 Å². The maximum atomic E-state index is 15.2. The average molecular weight is 641 g/mol. The Labute approximate surface area is 268 Å². The van der Waals surface area contributed by atoms with Gasteiger partial charge in [0.05, 0.1) is 27.1 Å². The number of fused-ring (bicyclic) bond motifs is 2. The normalized spacial score (nSPS) is 11.5. The van der Waals surface area contributed by atoms with Gasteiger partial charge in [0, 0.05) is 40.4 Å². The quantitative estimate of drug-likeness (QED) is 0.0736. The zero-order valence-electron chi connectivity index (χ0n) is 25.4. The lowest BCUT2D eigenvalue weighted by Crippen LogP contribution is -2.30. The van der Waals surface area contributed by atoms with Crippen molar-refractivity contribution in [2.24, 2.45) is 0 Å². The zero-order valence-corrected chi connectivity index (χ0v) is 26.2. The van der Waals surface area contributed by atoms with Gasteiger partial charge in [0.25, 0.3) is 0 Å². The first-order valence-corrected chi connectivity index (χ1v) is 15.0. The number of benzene rings is 4. The summed E-state index contributed by atoms with van der Waals surface area (Å²) in [5.41, 5.74) is 4.80. The minimum atomic E-state index is -0.912. The van der Waals surface area contributed by atoms with E-state index in [-0.39, 0.29) is 40.1 Å². The third kappa shape index (κ3) is 6.27. The Morgan fingerprint density at radius 3 is 1.78 bits per heavy atom. The Bertz CT molecular complexity index is 2110. The van der Waals surface area contributed by atoms with Crippen LogP contribution in [0.3, 0.4) is 0 Å². The monoisotopic (exact) mass is 640 g/mol. The standard InChI is InChI=1S/C34H31ClF2N8O/c1-16(2)40-31(38)18-5-9-26-28(13-18)44-33(42-26)20-11-24(36)30(25(37)12-20)46-21-7-8-22(23(35)15-21)34-43-27-10-6-19(14-29(27)45-34)32(39)41-17(3)4/h5-17H,1-4H3,(H2,38,40)(H2,39,41)(H,42,44)(H,43,45). The molecule has 12 heteroatoms. The van der Waals surface area contributed by atoms with Crippen LogP contribution in [0.25, 0.3) is 44.8 Å². The van der Waals surface area contributed by atoms with E-state index in [1.807, 2.05) is 45.9 Å². The Morgan fingerprint density at radius 2 is 1.26 bits per heavy atom. The van der Waals surface area contributed by atoms with Gasteiger partial charge in [-0.15, -0.1) is 0 Å². The molecule has 9 nitrogen and oxygen atoms in total. The molecule has 0 bridgehead atoms. The first-order valence-electron chi connectivity index (χ1n) is 14.6. The van der Waals surface area contributed by atoms with Crippen LogP contribution >= 0.6 is 11.6 Å². The predicted octanol–water partition coefficient (Wildman–Crippen LogP) is 8.14. The maximum absolute atomic E-state index is 15.2. The Balaban J connectivity index is 1.22. The van der Waals surface area contributed by atoms with Crippen LogP contribution in [0.4, 0.5) is 8.78 Å². The summed E-state index contributed by atoms with van der Waals surface area (Å²) in [5, 5.41) is 22.9. The second-order valence-corrected chi connectivity index (χ2v) is 11.9. The highest BCUT2D eigenvalue weighted by atomic mass is 35.5. The second-order valence-electron chi connectivity index (χ2n) is 11.5. The van der Waals surface area contributed by atoms with Crippen molar-refractivity contribution < 1.29 is 13.5 Å². The third-order valence-electron chi connectivity index (χ3n) is 7.09. The lowest BCUT2D eigenvalue weighted by Gasteiger charge is -2.11. The molecule has 0 radical (unpaired) electrons. The highest BCUT2D eigenvalue weighted by molar-refractivity contribution is 6.33. The number of nitrogens with one attached hydrogen (secondary N) is 6. The number of rotatable bonds is 8. The SMILES string of the molecule is CC(C)NC(=N)c1ccc2nc(-c3cc(F)c(Oc4ccc(-c5nc6ccc(C(=N)NC(C)C)cc6[nH]5)c(Cl)c4)c(F)c3)[nH]c2c1. The summed E-state index contributed by atoms with van der Waals surface area (Å²) in [4.78, 5) is 15.4. The fourth-order valence-corrected chi connectivity index (χ4v) is 5.26. The van der Waals surface area contributed by atoms with Crippen molar-refractivity contribution in [2.75, 3.05) is 0 Å². The molecule has 234 valence electrons. The Morgan fingerprint density at radius 1 is 0.739 bits per heavy atom. The summed E-state index contributed by atoms with van der Waals surface area (Å²) in [6.45, 7) is 7.82. The van der Waals surface area contributed by atoms with Gasteiger partial charge in [-0.2, -0.15) is 0 Å². The van der Waals surface area contributed by atoms with E-state index in [1.165, 1.54) is 6.07 Å². The van der Waals surface area contributed by atoms with E-state index < -0.39 is 17.4 Å². The number of amidine groups is 2. The molecule has 6 aromatic rings. The maximum Gasteiger partial charge on any atom is 0.198 e. The fourth-order valence-electron chi connectivity index (χ4n) is 5.00. The van der Waals surface area contributed by atoms with Gasteiger partial charge in [-0.1, -0.05) is 11.6 Å². The summed E-state index contributed by atoms with van der Waals surface area (Å²) in [6, 6.07) is 18.0. The number of halogens is 3. The van der Waals surface area contributed by atoms with Gasteiger partial charge in [-0.3, -0.25) is 10.8 Å². The summed E-state index contributed by atoms with van der Waals surface area (Å²) in [5.74, 6) is -0.910. The number of ether oxygens (including phenoxy) is 1. The highest BCUT2D eigenvalue weighted by Gasteiger charge is 2.19. The average Bonchev–Trinajstić information content (AvgIpc) is 3.62. The molecule has 0 spiro atoms. The number of aromatic amines is 2. The zero-order chi connectivity index (χ0) is 32.7. The molecule has 0 amide bonds. The molecule has 2 heterocycles. The van der Waals surface area contributed by atoms with Crippen molar-refractivity contribution >= 4 is 45.3 Å². The molecule has 0 aliphatic carbocycles. The fraction of sp³-hybridized carbons (Fsp3) is 0.176. The van der Waals surface area contributed by atoms with E-state index in [1.54, 1.807) is 30.3 Å². The second kappa shape index (κ2) is 12.2. The molecule has 0 saturated carbocycles. The van der Waals surface area contributed by atoms with Crippen LogP contribution in [-0.2, 0) is 0 Å². The van der Waals surface area contributed by atoms with Gasteiger partial charge in [-0.05, 0) is 88.4 Å². The lowest BCUT2D eigenvalue weighted by atomic mass is 10.1. The highest BCUT2D eigenvalue weighted by Crippen LogP contribution is 2.36. The molecule has 6 rings (SSSR count). The summed E-state index contributed by atoms with van der Waals surface area (Å²) in [7, 11) is 0. The number of nitrogens with zero attached hydrogens (tertiary/aromatic N) is 2. The van der Waals surface area contributed by atoms with Gasteiger partial charge in [0.15, 0.2) is 17.4 Å². The van der Waals surface area contributed by atoms with Crippen molar-refractivity contribution in [1.82, 2.24) is 30.6 Å². The molecule has 6 N–H and O–H groups in total. The third-order valence-corrected chi connectivity index (χ3v) is 7.41. The van der Waals surface area contributed by atoms with Crippen LogP contribution in [0.1, 0.15) is 38.8 Å². The number of H-pyrrole nitrogens is 2. The van der Waals surface area contributed by atoms with Crippen molar-refractivity contribution in [3.8, 4) is 34.3 Å². The summed E-state index contributed by atoms with van der Waals surface area (Å²) in [6.07, 6.45) is 0. The van der Waals surface area contributed by atoms with Crippen LogP contribution in [0.2, 0.25) is 5.02 Å². The van der Waals surface area contributed by atoms with Crippen molar-refractivity contribution in [2.45, 2.75) is 39.8 Å². The van der Waals surface area contributed by atoms with Crippen LogP contribution in [0.5, 0.6) is 11.5 Å². The van der Waals surface area contributed by atoms with Gasteiger partial charge in [0.2, 0.25) is 0 Å². The minimum absolute atomic E-state index is 0.0987. The molecule has 0 aliphatic rings. The molecule has 46 heavy (non-hydrogen) atoms. The number of hydrogen-bond donors (Lipinski definition) is 6. The van der Waals surface area contributed by atoms with Crippen molar-refractivity contribution in [1.29, 1.82) is 10.8 Å². The number of imidazole rings is 2. The van der Waals surface area contributed by atoms with E-state index in [9.17, 15) is 0 Å². The van der Waals surface area contributed by atoms with Gasteiger partial charge in [0.1, 0.15) is 29.1 Å². The minimum Gasteiger partial charge on any atom is -0.451 e. The first kappa shape index (κ1) is 30.7. The molecule has 0 unspecified atom stereocenters. The molecule has 0 fully saturated rings. The topological polar surface area (TPSA) is 138 Å². The molecule has 0 atom stereocenters. The summed E-state index contributed by atoms with van der Waals surface area (Å²) >= 11 is 6.57. The van der Waals surface area contributed by atoms with Gasteiger partial charge in [-0.25, -0.2) is 18.7 Å².